The van der Waals surface area contributed by atoms with Gasteiger partial charge in [0.05, 0.1) is 14.7 Å². The first-order valence-corrected chi connectivity index (χ1v) is 12.7. The number of ketones is 1. The van der Waals surface area contributed by atoms with Gasteiger partial charge in [0.25, 0.3) is 5.69 Å². The molecule has 3 aromatic rings. The molecule has 1 fully saturated rings. The van der Waals surface area contributed by atoms with E-state index in [1.165, 1.54) is 46.8 Å². The highest BCUT2D eigenvalue weighted by Crippen LogP contribution is 2.33. The van der Waals surface area contributed by atoms with E-state index in [0.717, 1.165) is 24.6 Å². The molecule has 2 heterocycles. The maximum absolute atomic E-state index is 12.6. The van der Waals surface area contributed by atoms with Crippen LogP contribution in [0.4, 0.5) is 5.69 Å². The standard InChI is InChI=1S/C23H20N4O5S2/c28-21(18-6-8-19(9-7-18)34(31,32)26-14-1-2-15-26)10-4-17-5-11-22(20(16-17)27(29)30)33-23-24-12-3-13-25-23/h3-13,16H,1-2,14-15H2. The Labute approximate surface area is 200 Å². The Morgan fingerprint density at radius 2 is 1.74 bits per heavy atom. The molecule has 0 radical (unpaired) electrons. The number of hydrogen-bond donors (Lipinski definition) is 0. The zero-order chi connectivity index (χ0) is 24.1. The van der Waals surface area contributed by atoms with Crippen LogP contribution in [-0.2, 0) is 10.0 Å². The lowest BCUT2D eigenvalue weighted by atomic mass is 10.1. The first-order valence-electron chi connectivity index (χ1n) is 10.4. The molecule has 0 aliphatic carbocycles. The van der Waals surface area contributed by atoms with Gasteiger partial charge in [-0.2, -0.15) is 4.31 Å². The largest absolute Gasteiger partial charge is 0.289 e. The number of nitro groups is 1. The second-order valence-electron chi connectivity index (χ2n) is 7.45. The Kier molecular flexibility index (Phi) is 7.15. The Bertz CT molecular complexity index is 1340. The van der Waals surface area contributed by atoms with E-state index in [2.05, 4.69) is 9.97 Å². The third-order valence-electron chi connectivity index (χ3n) is 5.19. The van der Waals surface area contributed by atoms with Crippen LogP contribution in [0.5, 0.6) is 0 Å². The summed E-state index contributed by atoms with van der Waals surface area (Å²) in [5, 5.41) is 11.9. The Balaban J connectivity index is 1.49. The van der Waals surface area contributed by atoms with Crippen LogP contribution in [0.25, 0.3) is 6.08 Å². The molecule has 9 nitrogen and oxygen atoms in total. The Hall–Kier alpha value is -3.41. The lowest BCUT2D eigenvalue weighted by molar-refractivity contribution is -0.387. The zero-order valence-electron chi connectivity index (χ0n) is 17.9. The van der Waals surface area contributed by atoms with Crippen molar-refractivity contribution >= 4 is 39.3 Å². The first kappa shape index (κ1) is 23.7. The molecule has 0 spiro atoms. The molecular formula is C23H20N4O5S2. The second-order valence-corrected chi connectivity index (χ2v) is 10.4. The minimum atomic E-state index is -3.55. The van der Waals surface area contributed by atoms with Crippen molar-refractivity contribution in [2.75, 3.05) is 13.1 Å². The summed E-state index contributed by atoms with van der Waals surface area (Å²) in [4.78, 5) is 32.3. The highest BCUT2D eigenvalue weighted by Gasteiger charge is 2.27. The van der Waals surface area contributed by atoms with Gasteiger partial charge in [0.1, 0.15) is 0 Å². The molecule has 0 N–H and O–H groups in total. The number of carbonyl (C=O) groups is 1. The summed E-state index contributed by atoms with van der Waals surface area (Å²) in [5.41, 5.74) is 0.676. The Morgan fingerprint density at radius 3 is 2.38 bits per heavy atom. The predicted molar refractivity (Wildman–Crippen MR) is 127 cm³/mol. The molecule has 0 amide bonds. The van der Waals surface area contributed by atoms with Crippen LogP contribution in [0.3, 0.4) is 0 Å². The van der Waals surface area contributed by atoms with Crippen LogP contribution in [-0.4, -0.2) is 46.5 Å². The number of nitro benzene ring substituents is 1. The van der Waals surface area contributed by atoms with Crippen LogP contribution in [0.15, 0.2) is 81.9 Å². The maximum atomic E-state index is 12.6. The highest BCUT2D eigenvalue weighted by molar-refractivity contribution is 7.99. The van der Waals surface area contributed by atoms with Gasteiger partial charge in [0.2, 0.25) is 10.0 Å². The molecule has 0 unspecified atom stereocenters. The summed E-state index contributed by atoms with van der Waals surface area (Å²) in [5.74, 6) is -0.344. The fraction of sp³-hybridized carbons (Fsp3) is 0.174. The van der Waals surface area contributed by atoms with Gasteiger partial charge in [-0.15, -0.1) is 0 Å². The van der Waals surface area contributed by atoms with E-state index < -0.39 is 14.9 Å². The van der Waals surface area contributed by atoms with Crippen molar-refractivity contribution in [3.63, 3.8) is 0 Å². The normalized spacial score (nSPS) is 14.5. The van der Waals surface area contributed by atoms with Crippen LogP contribution < -0.4 is 0 Å². The van der Waals surface area contributed by atoms with Crippen molar-refractivity contribution in [2.45, 2.75) is 27.8 Å². The van der Waals surface area contributed by atoms with Crippen molar-refractivity contribution in [3.05, 3.63) is 88.2 Å². The van der Waals surface area contributed by atoms with Gasteiger partial charge in [-0.05, 0) is 72.6 Å². The number of carbonyl (C=O) groups excluding carboxylic acids is 1. The number of benzene rings is 2. The van der Waals surface area contributed by atoms with Crippen molar-refractivity contribution in [2.24, 2.45) is 0 Å². The van der Waals surface area contributed by atoms with Crippen molar-refractivity contribution in [1.29, 1.82) is 0 Å². The van der Waals surface area contributed by atoms with Gasteiger partial charge in [-0.25, -0.2) is 18.4 Å². The summed E-state index contributed by atoms with van der Waals surface area (Å²) in [6, 6.07) is 12.1. The van der Waals surface area contributed by atoms with Crippen LogP contribution in [0.1, 0.15) is 28.8 Å². The van der Waals surface area contributed by atoms with Crippen molar-refractivity contribution in [3.8, 4) is 0 Å². The lowest BCUT2D eigenvalue weighted by Crippen LogP contribution is -2.27. The van der Waals surface area contributed by atoms with E-state index in [4.69, 9.17) is 0 Å². The summed E-state index contributed by atoms with van der Waals surface area (Å²) in [7, 11) is -3.55. The molecule has 0 atom stereocenters. The van der Waals surface area contributed by atoms with Crippen molar-refractivity contribution in [1.82, 2.24) is 14.3 Å². The monoisotopic (exact) mass is 496 g/mol. The summed E-state index contributed by atoms with van der Waals surface area (Å²) >= 11 is 1.08. The quantitative estimate of drug-likeness (QED) is 0.149. The number of nitrogens with zero attached hydrogens (tertiary/aromatic N) is 4. The predicted octanol–water partition coefficient (Wildman–Crippen LogP) is 4.22. The van der Waals surface area contributed by atoms with Crippen LogP contribution in [0.2, 0.25) is 0 Å². The zero-order valence-corrected chi connectivity index (χ0v) is 19.5. The van der Waals surface area contributed by atoms with Crippen LogP contribution in [0, 0.1) is 10.1 Å². The molecule has 4 rings (SSSR count). The smallest absolute Gasteiger partial charge is 0.283 e. The number of rotatable bonds is 8. The molecule has 174 valence electrons. The third-order valence-corrected chi connectivity index (χ3v) is 8.06. The number of allylic oxidation sites excluding steroid dienone is 1. The van der Waals surface area contributed by atoms with E-state index >= 15 is 0 Å². The van der Waals surface area contributed by atoms with E-state index in [1.54, 1.807) is 30.6 Å². The molecule has 34 heavy (non-hydrogen) atoms. The van der Waals surface area contributed by atoms with Gasteiger partial charge in [-0.3, -0.25) is 14.9 Å². The second kappa shape index (κ2) is 10.2. The lowest BCUT2D eigenvalue weighted by Gasteiger charge is -2.15. The topological polar surface area (TPSA) is 123 Å². The third kappa shape index (κ3) is 5.38. The molecule has 2 aromatic carbocycles. The molecule has 0 bridgehead atoms. The number of sulfonamides is 1. The molecule has 11 heteroatoms. The van der Waals surface area contributed by atoms with E-state index in [1.807, 2.05) is 0 Å². The van der Waals surface area contributed by atoms with Crippen LogP contribution >= 0.6 is 11.8 Å². The fourth-order valence-electron chi connectivity index (χ4n) is 3.44. The average Bonchev–Trinajstić information content (AvgIpc) is 3.40. The van der Waals surface area contributed by atoms with Gasteiger partial charge in [0.15, 0.2) is 10.9 Å². The molecule has 1 saturated heterocycles. The molecule has 1 aromatic heterocycles. The van der Waals surface area contributed by atoms with Gasteiger partial charge < -0.3 is 0 Å². The highest BCUT2D eigenvalue weighted by atomic mass is 32.2. The van der Waals surface area contributed by atoms with E-state index in [-0.39, 0.29) is 16.4 Å². The molecule has 1 aliphatic rings. The molecule has 1 aliphatic heterocycles. The number of aromatic nitrogens is 2. The van der Waals surface area contributed by atoms with Gasteiger partial charge >= 0.3 is 0 Å². The summed E-state index contributed by atoms with van der Waals surface area (Å²) in [6.45, 7) is 1.01. The Morgan fingerprint density at radius 1 is 1.06 bits per heavy atom. The minimum absolute atomic E-state index is 0.122. The van der Waals surface area contributed by atoms with E-state index in [9.17, 15) is 23.3 Å². The maximum Gasteiger partial charge on any atom is 0.283 e. The average molecular weight is 497 g/mol. The molecule has 0 saturated carbocycles. The minimum Gasteiger partial charge on any atom is -0.289 e. The number of hydrogen-bond acceptors (Lipinski definition) is 8. The summed E-state index contributed by atoms with van der Waals surface area (Å²) in [6.07, 6.45) is 7.58. The SMILES string of the molecule is O=C(C=Cc1ccc(Sc2ncccn2)c([N+](=O)[O-])c1)c1ccc(S(=O)(=O)N2CCCC2)cc1. The first-order chi connectivity index (χ1) is 16.3. The fourth-order valence-corrected chi connectivity index (χ4v) is 5.76. The van der Waals surface area contributed by atoms with E-state index in [0.29, 0.717) is 34.3 Å². The van der Waals surface area contributed by atoms with Crippen molar-refractivity contribution < 1.29 is 18.1 Å². The molecular weight excluding hydrogens is 476 g/mol. The van der Waals surface area contributed by atoms with Gasteiger partial charge in [-0.1, -0.05) is 12.1 Å². The van der Waals surface area contributed by atoms with Gasteiger partial charge in [0, 0.05) is 37.1 Å². The summed E-state index contributed by atoms with van der Waals surface area (Å²) < 4.78 is 26.7.